The number of pyridine rings is 1. The summed E-state index contributed by atoms with van der Waals surface area (Å²) in [6, 6.07) is 7.55. The highest BCUT2D eigenvalue weighted by atomic mass is 35.5. The summed E-state index contributed by atoms with van der Waals surface area (Å²) in [6.07, 6.45) is 1.75. The Bertz CT molecular complexity index is 445. The van der Waals surface area contributed by atoms with Crippen LogP contribution in [0.3, 0.4) is 0 Å². The maximum Gasteiger partial charge on any atom is 0.143 e. The van der Waals surface area contributed by atoms with Gasteiger partial charge in [-0.3, -0.25) is 4.98 Å². The third kappa shape index (κ3) is 1.72. The van der Waals surface area contributed by atoms with Gasteiger partial charge >= 0.3 is 0 Å². The first-order valence-corrected chi connectivity index (χ1v) is 3.99. The third-order valence-corrected chi connectivity index (χ3v) is 1.95. The highest BCUT2D eigenvalue weighted by molar-refractivity contribution is 5.85. The Labute approximate surface area is 88.3 Å². The summed E-state index contributed by atoms with van der Waals surface area (Å²) in [4.78, 5) is 4.20. The number of nitrogens with two attached hydrogens (primary N) is 1. The number of halogens is 1. The number of nitrogens with zero attached hydrogens (tertiary/aromatic N) is 1. The average Bonchev–Trinajstić information content (AvgIpc) is 2.17. The van der Waals surface area contributed by atoms with Crippen molar-refractivity contribution in [1.82, 2.24) is 4.98 Å². The number of rotatable bonds is 1. The van der Waals surface area contributed by atoms with Crippen LogP contribution in [0.25, 0.3) is 10.9 Å². The highest BCUT2D eigenvalue weighted by Gasteiger charge is 2.01. The van der Waals surface area contributed by atoms with Gasteiger partial charge in [0, 0.05) is 17.6 Å². The van der Waals surface area contributed by atoms with Crippen LogP contribution in [0, 0.1) is 0 Å². The number of anilines is 1. The molecule has 2 N–H and O–H groups in total. The number of aromatic nitrogens is 1. The Morgan fingerprint density at radius 3 is 2.86 bits per heavy atom. The molecule has 4 heteroatoms. The lowest BCUT2D eigenvalue weighted by molar-refractivity contribution is 0.417. The van der Waals surface area contributed by atoms with Crippen molar-refractivity contribution in [3.8, 4) is 5.75 Å². The lowest BCUT2D eigenvalue weighted by Gasteiger charge is -2.05. The molecule has 0 bridgehead atoms. The van der Waals surface area contributed by atoms with Crippen LogP contribution in [0.2, 0.25) is 0 Å². The largest absolute Gasteiger partial charge is 0.495 e. The van der Waals surface area contributed by atoms with E-state index in [2.05, 4.69) is 4.98 Å². The summed E-state index contributed by atoms with van der Waals surface area (Å²) in [5.74, 6) is 0.672. The van der Waals surface area contributed by atoms with Crippen LogP contribution >= 0.6 is 12.4 Å². The summed E-state index contributed by atoms with van der Waals surface area (Å²) >= 11 is 0. The predicted octanol–water partition coefficient (Wildman–Crippen LogP) is 2.25. The number of ether oxygens (including phenoxy) is 1. The molecule has 0 aliphatic carbocycles. The number of benzene rings is 1. The molecule has 2 rings (SSSR count). The van der Waals surface area contributed by atoms with Crippen LogP contribution in [0.5, 0.6) is 5.75 Å². The quantitative estimate of drug-likeness (QED) is 0.735. The Hall–Kier alpha value is -1.48. The summed E-state index contributed by atoms with van der Waals surface area (Å²) < 4.78 is 5.09. The smallest absolute Gasteiger partial charge is 0.143 e. The van der Waals surface area contributed by atoms with Gasteiger partial charge in [-0.1, -0.05) is 6.07 Å². The van der Waals surface area contributed by atoms with E-state index in [1.54, 1.807) is 13.3 Å². The van der Waals surface area contributed by atoms with Crippen LogP contribution < -0.4 is 10.5 Å². The zero-order valence-corrected chi connectivity index (χ0v) is 8.54. The number of methoxy groups -OCH3 is 1. The highest BCUT2D eigenvalue weighted by Crippen LogP contribution is 2.26. The third-order valence-electron chi connectivity index (χ3n) is 1.95. The number of nitrogen functional groups attached to an aromatic ring is 1. The standard InChI is InChI=1S/C10H10N2O.ClH/c1-13-10-6-9-7(5-8(10)11)3-2-4-12-9;/h2-6H,11H2,1H3;1H. The van der Waals surface area contributed by atoms with Gasteiger partial charge in [-0.25, -0.2) is 0 Å². The first-order chi connectivity index (χ1) is 6.31. The van der Waals surface area contributed by atoms with E-state index in [1.165, 1.54) is 0 Å². The molecule has 0 aliphatic heterocycles. The van der Waals surface area contributed by atoms with E-state index in [4.69, 9.17) is 10.5 Å². The van der Waals surface area contributed by atoms with E-state index in [0.717, 1.165) is 10.9 Å². The van der Waals surface area contributed by atoms with E-state index in [9.17, 15) is 0 Å². The molecule has 0 spiro atoms. The minimum Gasteiger partial charge on any atom is -0.495 e. The monoisotopic (exact) mass is 210 g/mol. The van der Waals surface area contributed by atoms with Crippen LogP contribution in [0.1, 0.15) is 0 Å². The normalized spacial score (nSPS) is 9.50. The topological polar surface area (TPSA) is 48.1 Å². The van der Waals surface area contributed by atoms with Crippen molar-refractivity contribution in [3.63, 3.8) is 0 Å². The zero-order chi connectivity index (χ0) is 9.26. The molecule has 1 aromatic carbocycles. The van der Waals surface area contributed by atoms with E-state index in [1.807, 2.05) is 24.3 Å². The summed E-state index contributed by atoms with van der Waals surface area (Å²) in [7, 11) is 1.60. The fraction of sp³-hybridized carbons (Fsp3) is 0.100. The molecule has 0 unspecified atom stereocenters. The number of hydrogen-bond acceptors (Lipinski definition) is 3. The van der Waals surface area contributed by atoms with Gasteiger partial charge in [0.2, 0.25) is 0 Å². The summed E-state index contributed by atoms with van der Waals surface area (Å²) in [6.45, 7) is 0. The van der Waals surface area contributed by atoms with Gasteiger partial charge in [0.25, 0.3) is 0 Å². The van der Waals surface area contributed by atoms with Crippen LogP contribution in [0.15, 0.2) is 30.5 Å². The second-order valence-corrected chi connectivity index (χ2v) is 2.79. The molecule has 0 saturated carbocycles. The fourth-order valence-corrected chi connectivity index (χ4v) is 1.30. The second kappa shape index (κ2) is 4.15. The zero-order valence-electron chi connectivity index (χ0n) is 7.73. The molecule has 0 saturated heterocycles. The van der Waals surface area contributed by atoms with E-state index >= 15 is 0 Å². The van der Waals surface area contributed by atoms with Gasteiger partial charge < -0.3 is 10.5 Å². The molecule has 3 nitrogen and oxygen atoms in total. The molecule has 0 fully saturated rings. The molecule has 1 aromatic heterocycles. The molecule has 0 aliphatic rings. The molecular weight excluding hydrogens is 200 g/mol. The maximum atomic E-state index is 5.74. The summed E-state index contributed by atoms with van der Waals surface area (Å²) in [5, 5.41) is 1.03. The predicted molar refractivity (Wildman–Crippen MR) is 60.0 cm³/mol. The fourth-order valence-electron chi connectivity index (χ4n) is 1.30. The molecule has 0 radical (unpaired) electrons. The van der Waals surface area contributed by atoms with Gasteiger partial charge in [-0.2, -0.15) is 0 Å². The average molecular weight is 211 g/mol. The molecule has 0 atom stereocenters. The maximum absolute atomic E-state index is 5.74. The van der Waals surface area contributed by atoms with E-state index in [-0.39, 0.29) is 12.4 Å². The van der Waals surface area contributed by atoms with Gasteiger partial charge in [-0.05, 0) is 12.1 Å². The lowest BCUT2D eigenvalue weighted by atomic mass is 10.2. The van der Waals surface area contributed by atoms with Crippen molar-refractivity contribution < 1.29 is 4.74 Å². The van der Waals surface area contributed by atoms with Crippen molar-refractivity contribution >= 4 is 29.0 Å². The van der Waals surface area contributed by atoms with Gasteiger partial charge in [0.15, 0.2) is 0 Å². The van der Waals surface area contributed by atoms with Gasteiger partial charge in [0.1, 0.15) is 5.75 Å². The summed E-state index contributed by atoms with van der Waals surface area (Å²) in [5.41, 5.74) is 7.28. The molecule has 0 amide bonds. The Kier molecular flexibility index (Phi) is 3.14. The first-order valence-electron chi connectivity index (χ1n) is 3.99. The first kappa shape index (κ1) is 10.6. The SMILES string of the molecule is COc1cc2ncccc2cc1N.Cl. The lowest BCUT2D eigenvalue weighted by Crippen LogP contribution is -1.92. The van der Waals surface area contributed by atoms with E-state index < -0.39 is 0 Å². The Balaban J connectivity index is 0.000000980. The Morgan fingerprint density at radius 1 is 1.36 bits per heavy atom. The minimum atomic E-state index is 0. The molecule has 2 aromatic rings. The minimum absolute atomic E-state index is 0. The number of fused-ring (bicyclic) bond motifs is 1. The van der Waals surface area contributed by atoms with Crippen molar-refractivity contribution in [3.05, 3.63) is 30.5 Å². The molecule has 14 heavy (non-hydrogen) atoms. The van der Waals surface area contributed by atoms with Gasteiger partial charge in [0.05, 0.1) is 18.3 Å². The second-order valence-electron chi connectivity index (χ2n) is 2.79. The van der Waals surface area contributed by atoms with Crippen LogP contribution in [-0.4, -0.2) is 12.1 Å². The van der Waals surface area contributed by atoms with Gasteiger partial charge in [-0.15, -0.1) is 12.4 Å². The van der Waals surface area contributed by atoms with Crippen molar-refractivity contribution in [1.29, 1.82) is 0 Å². The number of hydrogen-bond donors (Lipinski definition) is 1. The van der Waals surface area contributed by atoms with Crippen molar-refractivity contribution in [2.24, 2.45) is 0 Å². The Morgan fingerprint density at radius 2 is 2.14 bits per heavy atom. The van der Waals surface area contributed by atoms with Crippen LogP contribution in [-0.2, 0) is 0 Å². The van der Waals surface area contributed by atoms with Crippen LogP contribution in [0.4, 0.5) is 5.69 Å². The van der Waals surface area contributed by atoms with Crippen molar-refractivity contribution in [2.75, 3.05) is 12.8 Å². The molecule has 1 heterocycles. The van der Waals surface area contributed by atoms with Crippen molar-refractivity contribution in [2.45, 2.75) is 0 Å². The molecular formula is C10H11ClN2O. The molecule has 74 valence electrons. The van der Waals surface area contributed by atoms with E-state index in [0.29, 0.717) is 11.4 Å².